The summed E-state index contributed by atoms with van der Waals surface area (Å²) in [5.41, 5.74) is 3.12. The van der Waals surface area contributed by atoms with Crippen LogP contribution in [-0.4, -0.2) is 39.8 Å². The topological polar surface area (TPSA) is 84.6 Å². The van der Waals surface area contributed by atoms with Gasteiger partial charge >= 0.3 is 29.6 Å². The molecule has 1 atom stereocenters. The Morgan fingerprint density at radius 2 is 2.00 bits per heavy atom. The van der Waals surface area contributed by atoms with Gasteiger partial charge in [0.25, 0.3) is 0 Å². The Morgan fingerprint density at radius 3 is 2.71 bits per heavy atom. The molecule has 3 aromatic rings. The molecule has 31 heavy (non-hydrogen) atoms. The van der Waals surface area contributed by atoms with Gasteiger partial charge in [-0.1, -0.05) is 24.3 Å². The van der Waals surface area contributed by atoms with E-state index in [4.69, 9.17) is 14.2 Å². The average Bonchev–Trinajstić information content (AvgIpc) is 3.18. The van der Waals surface area contributed by atoms with E-state index in [1.54, 1.807) is 6.20 Å². The average molecular weight is 450 g/mol. The van der Waals surface area contributed by atoms with E-state index in [0.29, 0.717) is 25.0 Å². The number of imidazole rings is 1. The van der Waals surface area contributed by atoms with Crippen LogP contribution in [0.2, 0.25) is 0 Å². The van der Waals surface area contributed by atoms with E-state index in [9.17, 15) is 4.21 Å². The predicted molar refractivity (Wildman–Crippen MR) is 112 cm³/mol. The number of fused-ring (bicyclic) bond motifs is 1. The first-order chi connectivity index (χ1) is 14.6. The van der Waals surface area contributed by atoms with Gasteiger partial charge in [0.1, 0.15) is 5.75 Å². The minimum atomic E-state index is -1.38. The minimum Gasteiger partial charge on any atom is -0.493 e. The van der Waals surface area contributed by atoms with Crippen molar-refractivity contribution in [1.29, 1.82) is 0 Å². The molecule has 1 aliphatic heterocycles. The van der Waals surface area contributed by atoms with E-state index >= 15 is 0 Å². The molecular weight excluding hydrogens is 425 g/mol. The number of benzene rings is 1. The maximum Gasteiger partial charge on any atom is 1.00 e. The van der Waals surface area contributed by atoms with Crippen LogP contribution in [0.25, 0.3) is 11.0 Å². The summed E-state index contributed by atoms with van der Waals surface area (Å²) in [6, 6.07) is 9.36. The normalized spacial score (nSPS) is 19.0. The van der Waals surface area contributed by atoms with Crippen molar-refractivity contribution < 1.29 is 48.0 Å². The molecule has 1 unspecified atom stereocenters. The van der Waals surface area contributed by atoms with Crippen molar-refractivity contribution in [1.82, 2.24) is 15.0 Å². The van der Waals surface area contributed by atoms with Gasteiger partial charge < -0.3 is 24.2 Å². The SMILES string of the molecule is Cc1c(OCC2COC3(CCC3)OC2)ccnc1CS(=O)c1nc2ccccc2[n-]1.[Na+]. The molecular formula is C22H24N3NaO4S. The fourth-order valence-corrected chi connectivity index (χ4v) is 4.79. The largest absolute Gasteiger partial charge is 1.00 e. The summed E-state index contributed by atoms with van der Waals surface area (Å²) in [7, 11) is -1.38. The molecule has 1 saturated heterocycles. The number of para-hydroxylation sites is 2. The van der Waals surface area contributed by atoms with Crippen LogP contribution in [0.1, 0.15) is 30.5 Å². The second-order valence-corrected chi connectivity index (χ2v) is 9.27. The summed E-state index contributed by atoms with van der Waals surface area (Å²) in [4.78, 5) is 13.2. The Hall–Kier alpha value is -1.29. The molecule has 158 valence electrons. The van der Waals surface area contributed by atoms with Gasteiger partial charge in [-0.15, -0.1) is 0 Å². The Morgan fingerprint density at radius 1 is 1.23 bits per heavy atom. The van der Waals surface area contributed by atoms with Crippen molar-refractivity contribution in [3.8, 4) is 5.75 Å². The summed E-state index contributed by atoms with van der Waals surface area (Å²) in [5, 5.41) is 0.338. The zero-order valence-corrected chi connectivity index (χ0v) is 20.7. The zero-order valence-electron chi connectivity index (χ0n) is 17.9. The zero-order chi connectivity index (χ0) is 20.6. The van der Waals surface area contributed by atoms with Crippen molar-refractivity contribution in [3.05, 3.63) is 47.8 Å². The number of hydrogen-bond acceptors (Lipinski definition) is 6. The molecule has 2 fully saturated rings. The van der Waals surface area contributed by atoms with E-state index in [-0.39, 0.29) is 47.0 Å². The fraction of sp³-hybridized carbons (Fsp3) is 0.455. The second kappa shape index (κ2) is 9.68. The monoisotopic (exact) mass is 449 g/mol. The van der Waals surface area contributed by atoms with Crippen LogP contribution in [0.15, 0.2) is 41.7 Å². The molecule has 0 bridgehead atoms. The Balaban J connectivity index is 0.00000231. The number of ether oxygens (including phenoxy) is 3. The van der Waals surface area contributed by atoms with Crippen LogP contribution in [0, 0.1) is 12.8 Å². The van der Waals surface area contributed by atoms with E-state index in [2.05, 4.69) is 15.0 Å². The van der Waals surface area contributed by atoms with E-state index in [0.717, 1.165) is 40.9 Å². The van der Waals surface area contributed by atoms with Gasteiger partial charge in [0.05, 0.1) is 42.1 Å². The number of rotatable bonds is 6. The van der Waals surface area contributed by atoms with Gasteiger partial charge in [-0.05, 0) is 30.4 Å². The van der Waals surface area contributed by atoms with Gasteiger partial charge in [-0.25, -0.2) is 0 Å². The van der Waals surface area contributed by atoms with Crippen molar-refractivity contribution in [2.24, 2.45) is 5.92 Å². The quantitative estimate of drug-likeness (QED) is 0.495. The van der Waals surface area contributed by atoms with Crippen LogP contribution in [0.4, 0.5) is 0 Å². The first-order valence-electron chi connectivity index (χ1n) is 10.2. The first kappa shape index (κ1) is 22.9. The Labute approximate surface area is 206 Å². The van der Waals surface area contributed by atoms with E-state index in [1.165, 1.54) is 6.42 Å². The van der Waals surface area contributed by atoms with E-state index < -0.39 is 10.8 Å². The first-order valence-corrected chi connectivity index (χ1v) is 11.6. The van der Waals surface area contributed by atoms with Crippen LogP contribution in [0.5, 0.6) is 5.75 Å². The van der Waals surface area contributed by atoms with Crippen molar-refractivity contribution in [3.63, 3.8) is 0 Å². The molecule has 3 heterocycles. The van der Waals surface area contributed by atoms with Gasteiger partial charge in [-0.2, -0.15) is 0 Å². The summed E-state index contributed by atoms with van der Waals surface area (Å²) in [5.74, 6) is 0.881. The van der Waals surface area contributed by atoms with Crippen molar-refractivity contribution in [2.45, 2.75) is 42.9 Å². The smallest absolute Gasteiger partial charge is 0.493 e. The van der Waals surface area contributed by atoms with E-state index in [1.807, 2.05) is 37.3 Å². The predicted octanol–water partition coefficient (Wildman–Crippen LogP) is 0.129. The number of aromatic nitrogens is 3. The fourth-order valence-electron chi connectivity index (χ4n) is 3.72. The molecule has 9 heteroatoms. The summed E-state index contributed by atoms with van der Waals surface area (Å²) >= 11 is 0. The number of nitrogens with zero attached hydrogens (tertiary/aromatic N) is 3. The molecule has 2 aliphatic rings. The third-order valence-corrected chi connectivity index (χ3v) is 6.92. The van der Waals surface area contributed by atoms with Crippen molar-refractivity contribution >= 4 is 21.8 Å². The molecule has 1 spiro atoms. The minimum absolute atomic E-state index is 0. The van der Waals surface area contributed by atoms with Gasteiger partial charge in [0.15, 0.2) is 5.79 Å². The van der Waals surface area contributed by atoms with Gasteiger partial charge in [0.2, 0.25) is 0 Å². The molecule has 0 radical (unpaired) electrons. The number of hydrogen-bond donors (Lipinski definition) is 0. The Bertz CT molecular complexity index is 1040. The molecule has 1 saturated carbocycles. The summed E-state index contributed by atoms with van der Waals surface area (Å²) in [6.07, 6.45) is 4.85. The standard InChI is InChI=1S/C22H24N3O4S.Na/c1-15-19(14-30(26)21-24-17-5-2-3-6-18(17)25-21)23-10-7-20(15)27-11-16-12-28-22(29-13-16)8-4-9-22;/h2-3,5-7,10,16H,4,8-9,11-14H2,1H3;/q-1;+1. The van der Waals surface area contributed by atoms with Gasteiger partial charge in [0, 0.05) is 35.7 Å². The van der Waals surface area contributed by atoms with Crippen LogP contribution < -0.4 is 39.3 Å². The molecule has 1 aliphatic carbocycles. The molecule has 0 N–H and O–H groups in total. The van der Waals surface area contributed by atoms with Gasteiger partial charge in [-0.3, -0.25) is 9.19 Å². The summed E-state index contributed by atoms with van der Waals surface area (Å²) < 4.78 is 30.7. The van der Waals surface area contributed by atoms with Crippen molar-refractivity contribution in [2.75, 3.05) is 19.8 Å². The van der Waals surface area contributed by atoms with Crippen LogP contribution in [0.3, 0.4) is 0 Å². The molecule has 7 nitrogen and oxygen atoms in total. The molecule has 2 aromatic heterocycles. The van der Waals surface area contributed by atoms with Crippen LogP contribution >= 0.6 is 0 Å². The molecule has 0 amide bonds. The maximum absolute atomic E-state index is 12.8. The third kappa shape index (κ3) is 4.89. The molecule has 5 rings (SSSR count). The maximum atomic E-state index is 12.8. The Kier molecular flexibility index (Phi) is 7.15. The van der Waals surface area contributed by atoms with Crippen LogP contribution in [-0.2, 0) is 26.0 Å². The number of pyridine rings is 1. The summed E-state index contributed by atoms with van der Waals surface area (Å²) in [6.45, 7) is 3.76. The molecule has 1 aromatic carbocycles. The second-order valence-electron chi connectivity index (χ2n) is 7.93. The third-order valence-electron chi connectivity index (χ3n) is 5.80.